The second kappa shape index (κ2) is 14.0. The monoisotopic (exact) mass is 534 g/mol. The highest BCUT2D eigenvalue weighted by Gasteiger charge is 2.18. The number of nitrogens with one attached hydrogen (secondary N) is 2. The normalized spacial score (nSPS) is 14.7. The maximum Gasteiger partial charge on any atom is 0.334 e. The number of rotatable bonds is 13. The summed E-state index contributed by atoms with van der Waals surface area (Å²) in [5.41, 5.74) is 7.08. The number of ether oxygens (including phenoxy) is 1. The molecule has 0 radical (unpaired) electrons. The first-order valence-electron chi connectivity index (χ1n) is 14.5. The van der Waals surface area contributed by atoms with Gasteiger partial charge in [0.25, 0.3) is 0 Å². The fourth-order valence-corrected chi connectivity index (χ4v) is 5.31. The summed E-state index contributed by atoms with van der Waals surface area (Å²) in [6.45, 7) is 4.18. The Hall–Kier alpha value is -3.55. The van der Waals surface area contributed by atoms with Crippen molar-refractivity contribution in [2.75, 3.05) is 5.43 Å². The highest BCUT2D eigenvalue weighted by Crippen LogP contribution is 2.23. The minimum Gasteiger partial charge on any atom is -0.490 e. The van der Waals surface area contributed by atoms with E-state index in [0.717, 1.165) is 72.9 Å². The number of aliphatic carboxylic acids is 1. The van der Waals surface area contributed by atoms with Gasteiger partial charge in [0.2, 0.25) is 0 Å². The summed E-state index contributed by atoms with van der Waals surface area (Å²) in [5.74, 6) is 0.707. The molecule has 1 atom stereocenters. The number of imidazole rings is 1. The van der Waals surface area contributed by atoms with Gasteiger partial charge in [-0.3, -0.25) is 4.79 Å². The molecule has 4 rings (SSSR count). The van der Waals surface area contributed by atoms with Crippen LogP contribution in [0.5, 0.6) is 5.75 Å². The van der Waals surface area contributed by atoms with Gasteiger partial charge in [-0.1, -0.05) is 64.2 Å². The number of benzene rings is 2. The first-order valence-corrected chi connectivity index (χ1v) is 14.5. The molecule has 0 bridgehead atoms. The molecule has 39 heavy (non-hydrogen) atoms. The van der Waals surface area contributed by atoms with Crippen molar-refractivity contribution < 1.29 is 19.4 Å². The van der Waals surface area contributed by atoms with Crippen LogP contribution in [-0.4, -0.2) is 38.9 Å². The quantitative estimate of drug-likeness (QED) is 0.230. The van der Waals surface area contributed by atoms with Crippen LogP contribution in [0.25, 0.3) is 11.0 Å². The number of fused-ring (bicyclic) bond motifs is 1. The average Bonchev–Trinajstić information content (AvgIpc) is 3.25. The van der Waals surface area contributed by atoms with Gasteiger partial charge in [0.05, 0.1) is 17.5 Å². The Balaban J connectivity index is 1.45. The summed E-state index contributed by atoms with van der Waals surface area (Å²) in [4.78, 5) is 28.8. The van der Waals surface area contributed by atoms with Crippen LogP contribution in [0, 0.1) is 0 Å². The third-order valence-corrected chi connectivity index (χ3v) is 7.34. The second-order valence-corrected chi connectivity index (χ2v) is 10.7. The molecule has 0 spiro atoms. The van der Waals surface area contributed by atoms with Gasteiger partial charge in [-0.15, -0.1) is 0 Å². The zero-order chi connectivity index (χ0) is 27.6. The van der Waals surface area contributed by atoms with E-state index in [2.05, 4.69) is 29.8 Å². The number of aromatic nitrogens is 2. The molecule has 2 amide bonds. The molecule has 210 valence electrons. The Morgan fingerprint density at radius 2 is 1.79 bits per heavy atom. The molecular formula is C31H42N4O4. The first-order chi connectivity index (χ1) is 18.9. The van der Waals surface area contributed by atoms with Gasteiger partial charge in [-0.2, -0.15) is 0 Å². The Bertz CT molecular complexity index is 1230. The summed E-state index contributed by atoms with van der Waals surface area (Å²) >= 11 is 0. The number of unbranched alkanes of at least 4 members (excludes halogenated alkanes) is 1. The van der Waals surface area contributed by atoms with Crippen LogP contribution >= 0.6 is 0 Å². The molecule has 8 nitrogen and oxygen atoms in total. The van der Waals surface area contributed by atoms with E-state index in [9.17, 15) is 9.59 Å². The maximum atomic E-state index is 12.8. The molecule has 1 aliphatic rings. The molecule has 3 aromatic rings. The van der Waals surface area contributed by atoms with Gasteiger partial charge in [0.1, 0.15) is 17.7 Å². The van der Waals surface area contributed by atoms with E-state index in [1.54, 1.807) is 0 Å². The molecule has 1 aliphatic carbocycles. The molecule has 3 N–H and O–H groups in total. The van der Waals surface area contributed by atoms with Crippen LogP contribution in [0.2, 0.25) is 0 Å². The molecule has 1 unspecified atom stereocenters. The summed E-state index contributed by atoms with van der Waals surface area (Å²) in [5, 5.41) is 12.3. The maximum absolute atomic E-state index is 12.8. The molecule has 0 aliphatic heterocycles. The van der Waals surface area contributed by atoms with Crippen LogP contribution in [0.1, 0.15) is 95.0 Å². The average molecular weight is 535 g/mol. The molecule has 8 heteroatoms. The van der Waals surface area contributed by atoms with Gasteiger partial charge in [0.15, 0.2) is 0 Å². The van der Waals surface area contributed by atoms with Crippen molar-refractivity contribution in [2.24, 2.45) is 0 Å². The second-order valence-electron chi connectivity index (χ2n) is 10.7. The summed E-state index contributed by atoms with van der Waals surface area (Å²) in [6.07, 6.45) is 10.5. The summed E-state index contributed by atoms with van der Waals surface area (Å²) < 4.78 is 7.77. The van der Waals surface area contributed by atoms with E-state index in [1.807, 2.05) is 41.9 Å². The number of carboxylic acid groups (broad SMARTS) is 1. The summed E-state index contributed by atoms with van der Waals surface area (Å²) in [6, 6.07) is 14.1. The number of aryl methyl sites for hydroxylation is 1. The van der Waals surface area contributed by atoms with E-state index < -0.39 is 5.97 Å². The topological polar surface area (TPSA) is 105 Å². The zero-order valence-corrected chi connectivity index (χ0v) is 23.2. The highest BCUT2D eigenvalue weighted by molar-refractivity contribution is 5.86. The minimum atomic E-state index is -0.846. The van der Waals surface area contributed by atoms with Crippen molar-refractivity contribution >= 4 is 23.0 Å². The lowest BCUT2D eigenvalue weighted by Gasteiger charge is -2.23. The number of carbonyl (C=O) groups excluding carboxylic acids is 1. The van der Waals surface area contributed by atoms with E-state index in [0.29, 0.717) is 12.2 Å². The fourth-order valence-electron chi connectivity index (χ4n) is 5.31. The Morgan fingerprint density at radius 1 is 1.05 bits per heavy atom. The number of carbonyl (C=O) groups is 2. The number of carboxylic acids is 1. The van der Waals surface area contributed by atoms with Crippen LogP contribution < -0.4 is 15.5 Å². The van der Waals surface area contributed by atoms with Gasteiger partial charge in [0, 0.05) is 12.5 Å². The van der Waals surface area contributed by atoms with Crippen molar-refractivity contribution in [1.29, 1.82) is 0 Å². The number of urea groups is 1. The molecule has 1 heterocycles. The predicted octanol–water partition coefficient (Wildman–Crippen LogP) is 6.58. The molecule has 1 aromatic heterocycles. The molecule has 0 saturated heterocycles. The number of hydrogen-bond acceptors (Lipinski definition) is 4. The standard InChI is InChI=1S/C31H42N4O4/c1-3-5-12-29-33-27-20-23(15-18-28(27)35(29)34-31(38)32-24-10-7-6-8-11-24)19-22-13-16-25(17-14-22)39-26(9-4-2)21-30(36)37/h13-18,20,24,26H,3-12,19,21H2,1-2H3,(H,36,37)(H2,32,34,38). The predicted molar refractivity (Wildman–Crippen MR) is 154 cm³/mol. The van der Waals surface area contributed by atoms with Crippen LogP contribution in [0.3, 0.4) is 0 Å². The Labute approximate surface area is 231 Å². The third-order valence-electron chi connectivity index (χ3n) is 7.34. The first kappa shape index (κ1) is 28.5. The van der Waals surface area contributed by atoms with Gasteiger partial charge in [-0.25, -0.2) is 19.9 Å². The lowest BCUT2D eigenvalue weighted by atomic mass is 9.96. The van der Waals surface area contributed by atoms with Crippen molar-refractivity contribution in [3.63, 3.8) is 0 Å². The van der Waals surface area contributed by atoms with E-state index in [1.165, 1.54) is 19.3 Å². The molecular weight excluding hydrogens is 492 g/mol. The van der Waals surface area contributed by atoms with Crippen molar-refractivity contribution in [3.05, 3.63) is 59.4 Å². The number of hydrogen-bond donors (Lipinski definition) is 3. The Morgan fingerprint density at radius 3 is 2.49 bits per heavy atom. The fraction of sp³-hybridized carbons (Fsp3) is 0.516. The lowest BCUT2D eigenvalue weighted by molar-refractivity contribution is -0.138. The van der Waals surface area contributed by atoms with Crippen molar-refractivity contribution in [3.8, 4) is 5.75 Å². The van der Waals surface area contributed by atoms with Crippen LogP contribution in [0.15, 0.2) is 42.5 Å². The number of nitrogens with zero attached hydrogens (tertiary/aromatic N) is 2. The number of amides is 2. The van der Waals surface area contributed by atoms with Crippen molar-refractivity contribution in [1.82, 2.24) is 15.0 Å². The molecule has 1 saturated carbocycles. The smallest absolute Gasteiger partial charge is 0.334 e. The highest BCUT2D eigenvalue weighted by atomic mass is 16.5. The van der Waals surface area contributed by atoms with Gasteiger partial charge >= 0.3 is 12.0 Å². The minimum absolute atomic E-state index is 0.000402. The van der Waals surface area contributed by atoms with Gasteiger partial charge < -0.3 is 15.2 Å². The van der Waals surface area contributed by atoms with E-state index >= 15 is 0 Å². The Kier molecular flexibility index (Phi) is 10.2. The SMILES string of the molecule is CCCCc1nc2cc(Cc3ccc(OC(CCC)CC(=O)O)cc3)ccc2n1NC(=O)NC1CCCCC1. The third kappa shape index (κ3) is 8.22. The van der Waals surface area contributed by atoms with Gasteiger partial charge in [-0.05, 0) is 67.5 Å². The molecule has 1 fully saturated rings. The zero-order valence-electron chi connectivity index (χ0n) is 23.2. The van der Waals surface area contributed by atoms with E-state index in [-0.39, 0.29) is 24.6 Å². The summed E-state index contributed by atoms with van der Waals surface area (Å²) in [7, 11) is 0. The van der Waals surface area contributed by atoms with E-state index in [4.69, 9.17) is 14.8 Å². The van der Waals surface area contributed by atoms with Crippen LogP contribution in [0.4, 0.5) is 4.79 Å². The largest absolute Gasteiger partial charge is 0.490 e. The van der Waals surface area contributed by atoms with Crippen LogP contribution in [-0.2, 0) is 17.6 Å². The van der Waals surface area contributed by atoms with Crippen molar-refractivity contribution in [2.45, 2.75) is 103 Å². The lowest BCUT2D eigenvalue weighted by Crippen LogP contribution is -2.42. The molecule has 2 aromatic carbocycles.